The topological polar surface area (TPSA) is 48.5 Å². The lowest BCUT2D eigenvalue weighted by atomic mass is 10.3. The van der Waals surface area contributed by atoms with Gasteiger partial charge in [0.1, 0.15) is 17.7 Å². The third-order valence-corrected chi connectivity index (χ3v) is 3.72. The monoisotopic (exact) mass is 309 g/mol. The Kier molecular flexibility index (Phi) is 3.40. The number of imidazole rings is 1. The van der Waals surface area contributed by atoms with Crippen molar-refractivity contribution in [2.75, 3.05) is 0 Å². The first kappa shape index (κ1) is 13.4. The number of fused-ring (bicyclic) bond motifs is 1. The second-order valence-electron chi connectivity index (χ2n) is 4.64. The Morgan fingerprint density at radius 2 is 2.15 bits per heavy atom. The summed E-state index contributed by atoms with van der Waals surface area (Å²) in [6.07, 6.45) is 1.67. The maximum Gasteiger partial charge on any atom is 0.152 e. The summed E-state index contributed by atoms with van der Waals surface area (Å²) < 4.78 is 3.90. The number of hydrogen-bond acceptors (Lipinski definition) is 3. The van der Waals surface area contributed by atoms with Gasteiger partial charge in [-0.05, 0) is 19.1 Å². The van der Waals surface area contributed by atoms with Gasteiger partial charge in [0, 0.05) is 7.05 Å². The normalized spacial score (nSPS) is 13.0. The first-order valence-corrected chi connectivity index (χ1v) is 7.01. The van der Waals surface area contributed by atoms with Crippen LogP contribution >= 0.6 is 23.2 Å². The number of alkyl halides is 1. The predicted octanol–water partition coefficient (Wildman–Crippen LogP) is 3.17. The van der Waals surface area contributed by atoms with Crippen molar-refractivity contribution in [3.63, 3.8) is 0 Å². The van der Waals surface area contributed by atoms with E-state index in [2.05, 4.69) is 15.2 Å². The van der Waals surface area contributed by atoms with Crippen molar-refractivity contribution in [3.05, 3.63) is 41.2 Å². The fourth-order valence-electron chi connectivity index (χ4n) is 2.19. The molecule has 2 aromatic heterocycles. The molecule has 0 fully saturated rings. The third kappa shape index (κ3) is 2.17. The van der Waals surface area contributed by atoms with E-state index in [1.165, 1.54) is 0 Å². The maximum atomic E-state index is 6.24. The molecular weight excluding hydrogens is 297 g/mol. The van der Waals surface area contributed by atoms with Crippen molar-refractivity contribution in [3.8, 4) is 0 Å². The van der Waals surface area contributed by atoms with E-state index in [0.29, 0.717) is 11.6 Å². The average Bonchev–Trinajstić information content (AvgIpc) is 2.96. The summed E-state index contributed by atoms with van der Waals surface area (Å²) in [6.45, 7) is 2.45. The molecule has 1 aromatic carbocycles. The molecule has 0 saturated heterocycles. The number of halogens is 2. The number of hydrogen-bond donors (Lipinski definition) is 0. The van der Waals surface area contributed by atoms with E-state index in [-0.39, 0.29) is 5.38 Å². The van der Waals surface area contributed by atoms with Crippen molar-refractivity contribution in [1.82, 2.24) is 24.3 Å². The highest BCUT2D eigenvalue weighted by atomic mass is 35.5. The van der Waals surface area contributed by atoms with Crippen LogP contribution < -0.4 is 0 Å². The minimum atomic E-state index is -0.216. The summed E-state index contributed by atoms with van der Waals surface area (Å²) in [7, 11) is 1.91. The number of benzene rings is 1. The molecule has 7 heteroatoms. The van der Waals surface area contributed by atoms with E-state index in [0.717, 1.165) is 22.7 Å². The molecule has 2 heterocycles. The van der Waals surface area contributed by atoms with Gasteiger partial charge in [-0.25, -0.2) is 4.98 Å². The Morgan fingerprint density at radius 3 is 2.80 bits per heavy atom. The molecule has 0 aliphatic rings. The molecule has 0 radical (unpaired) electrons. The van der Waals surface area contributed by atoms with E-state index in [9.17, 15) is 0 Å². The van der Waals surface area contributed by atoms with Gasteiger partial charge in [0.25, 0.3) is 0 Å². The summed E-state index contributed by atoms with van der Waals surface area (Å²) in [4.78, 5) is 4.56. The molecule has 1 unspecified atom stereocenters. The number of nitrogens with zero attached hydrogens (tertiary/aromatic N) is 5. The maximum absolute atomic E-state index is 6.24. The number of rotatable bonds is 3. The molecule has 3 rings (SSSR count). The highest BCUT2D eigenvalue weighted by molar-refractivity contribution is 6.35. The van der Waals surface area contributed by atoms with Crippen LogP contribution in [-0.4, -0.2) is 24.3 Å². The number of aromatic nitrogens is 5. The van der Waals surface area contributed by atoms with E-state index >= 15 is 0 Å². The van der Waals surface area contributed by atoms with Crippen LogP contribution in [-0.2, 0) is 13.6 Å². The van der Waals surface area contributed by atoms with Gasteiger partial charge in [0.2, 0.25) is 0 Å². The van der Waals surface area contributed by atoms with Gasteiger partial charge < -0.3 is 9.13 Å². The average molecular weight is 310 g/mol. The fourth-order valence-corrected chi connectivity index (χ4v) is 2.57. The quantitative estimate of drug-likeness (QED) is 0.698. The molecule has 1 atom stereocenters. The first-order chi connectivity index (χ1) is 9.58. The minimum Gasteiger partial charge on any atom is -0.319 e. The molecule has 0 spiro atoms. The van der Waals surface area contributed by atoms with Gasteiger partial charge in [-0.2, -0.15) is 0 Å². The summed E-state index contributed by atoms with van der Waals surface area (Å²) in [5, 5.41) is 8.41. The molecule has 0 aliphatic carbocycles. The smallest absolute Gasteiger partial charge is 0.152 e. The van der Waals surface area contributed by atoms with Crippen LogP contribution in [0.15, 0.2) is 24.5 Å². The van der Waals surface area contributed by atoms with Crippen molar-refractivity contribution >= 4 is 34.2 Å². The Bertz CT molecular complexity index is 759. The molecule has 20 heavy (non-hydrogen) atoms. The molecule has 0 bridgehead atoms. The molecule has 5 nitrogen and oxygen atoms in total. The third-order valence-electron chi connectivity index (χ3n) is 3.22. The molecular formula is C13H13Cl2N5. The lowest BCUT2D eigenvalue weighted by molar-refractivity contribution is 0.675. The van der Waals surface area contributed by atoms with Gasteiger partial charge in [-0.3, -0.25) is 0 Å². The number of aryl methyl sites for hydroxylation is 1. The largest absolute Gasteiger partial charge is 0.319 e. The van der Waals surface area contributed by atoms with Gasteiger partial charge in [-0.15, -0.1) is 21.8 Å². The molecule has 0 saturated carbocycles. The van der Waals surface area contributed by atoms with Crippen LogP contribution in [0.4, 0.5) is 0 Å². The van der Waals surface area contributed by atoms with Gasteiger partial charge in [0.15, 0.2) is 5.82 Å². The highest BCUT2D eigenvalue weighted by Gasteiger charge is 2.18. The second kappa shape index (κ2) is 5.07. The zero-order chi connectivity index (χ0) is 14.3. The first-order valence-electron chi connectivity index (χ1n) is 6.19. The Labute approximate surface area is 126 Å². The minimum absolute atomic E-state index is 0.216. The SMILES string of the molecule is CC(Cl)c1nc2c(Cl)cccc2n1Cc1nncn1C. The van der Waals surface area contributed by atoms with Crippen LogP contribution in [0.2, 0.25) is 5.02 Å². The Morgan fingerprint density at radius 1 is 1.35 bits per heavy atom. The molecule has 0 amide bonds. The van der Waals surface area contributed by atoms with Crippen LogP contribution in [0.1, 0.15) is 23.9 Å². The van der Waals surface area contributed by atoms with Crippen LogP contribution in [0.3, 0.4) is 0 Å². The number of para-hydroxylation sites is 1. The highest BCUT2D eigenvalue weighted by Crippen LogP contribution is 2.29. The second-order valence-corrected chi connectivity index (χ2v) is 5.70. The summed E-state index contributed by atoms with van der Waals surface area (Å²) in [5.41, 5.74) is 1.71. The van der Waals surface area contributed by atoms with Crippen molar-refractivity contribution in [2.45, 2.75) is 18.8 Å². The standard InChI is InChI=1S/C13H13Cl2N5/c1-8(14)13-17-12-9(15)4-3-5-10(12)20(13)6-11-18-16-7-19(11)2/h3-5,7-8H,6H2,1-2H3. The zero-order valence-corrected chi connectivity index (χ0v) is 12.6. The summed E-state index contributed by atoms with van der Waals surface area (Å²) in [5.74, 6) is 1.61. The van der Waals surface area contributed by atoms with Gasteiger partial charge in [0.05, 0.1) is 22.5 Å². The molecule has 0 N–H and O–H groups in total. The Balaban J connectivity index is 2.19. The van der Waals surface area contributed by atoms with Crippen molar-refractivity contribution in [2.24, 2.45) is 7.05 Å². The van der Waals surface area contributed by atoms with Gasteiger partial charge in [-0.1, -0.05) is 17.7 Å². The van der Waals surface area contributed by atoms with E-state index in [4.69, 9.17) is 23.2 Å². The summed E-state index contributed by atoms with van der Waals surface area (Å²) >= 11 is 12.5. The lowest BCUT2D eigenvalue weighted by Crippen LogP contribution is -2.09. The lowest BCUT2D eigenvalue weighted by Gasteiger charge is -2.09. The summed E-state index contributed by atoms with van der Waals surface area (Å²) in [6, 6.07) is 5.71. The molecule has 3 aromatic rings. The van der Waals surface area contributed by atoms with Crippen LogP contribution in [0.5, 0.6) is 0 Å². The Hall–Kier alpha value is -1.59. The molecule has 0 aliphatic heterocycles. The molecule has 104 valence electrons. The van der Waals surface area contributed by atoms with Crippen LogP contribution in [0, 0.1) is 0 Å². The van der Waals surface area contributed by atoms with E-state index in [1.807, 2.05) is 41.3 Å². The van der Waals surface area contributed by atoms with Gasteiger partial charge >= 0.3 is 0 Å². The zero-order valence-electron chi connectivity index (χ0n) is 11.1. The van der Waals surface area contributed by atoms with Crippen molar-refractivity contribution in [1.29, 1.82) is 0 Å². The fraction of sp³-hybridized carbons (Fsp3) is 0.308. The van der Waals surface area contributed by atoms with Crippen LogP contribution in [0.25, 0.3) is 11.0 Å². The van der Waals surface area contributed by atoms with E-state index in [1.54, 1.807) is 6.33 Å². The predicted molar refractivity (Wildman–Crippen MR) is 79.1 cm³/mol. The van der Waals surface area contributed by atoms with Crippen molar-refractivity contribution < 1.29 is 0 Å². The van der Waals surface area contributed by atoms with E-state index < -0.39 is 0 Å².